The molecule has 2 rings (SSSR count). The number of nitrogens with zero attached hydrogens (tertiary/aromatic N) is 1. The number of aromatic nitrogens is 1. The minimum absolute atomic E-state index is 0.0705. The number of ether oxygens (including phenoxy) is 2. The lowest BCUT2D eigenvalue weighted by Gasteiger charge is -2.06. The summed E-state index contributed by atoms with van der Waals surface area (Å²) >= 11 is 0.910. The van der Waals surface area contributed by atoms with E-state index in [1.165, 1.54) is 25.4 Å². The van der Waals surface area contributed by atoms with Crippen LogP contribution in [0.15, 0.2) is 35.4 Å². The van der Waals surface area contributed by atoms with Crippen molar-refractivity contribution >= 4 is 32.5 Å². The third-order valence-corrected chi connectivity index (χ3v) is 4.95. The summed E-state index contributed by atoms with van der Waals surface area (Å²) in [7, 11) is -2.28. The first-order valence-corrected chi connectivity index (χ1v) is 8.56. The highest BCUT2D eigenvalue weighted by molar-refractivity contribution is 7.93. The van der Waals surface area contributed by atoms with Crippen molar-refractivity contribution in [2.75, 3.05) is 18.4 Å². The smallest absolute Gasteiger partial charge is 0.350 e. The Labute approximate surface area is 132 Å². The van der Waals surface area contributed by atoms with Crippen molar-refractivity contribution in [1.82, 2.24) is 4.98 Å². The Morgan fingerprint density at radius 3 is 2.59 bits per heavy atom. The summed E-state index contributed by atoms with van der Waals surface area (Å²) in [6, 6.07) is 5.92. The number of sulfonamides is 1. The molecule has 0 spiro atoms. The fourth-order valence-corrected chi connectivity index (χ4v) is 3.50. The third-order valence-electron chi connectivity index (χ3n) is 2.57. The second-order valence-electron chi connectivity index (χ2n) is 4.03. The summed E-state index contributed by atoms with van der Waals surface area (Å²) in [5, 5.41) is 0.0962. The van der Waals surface area contributed by atoms with Gasteiger partial charge in [0.15, 0.2) is 5.13 Å². The monoisotopic (exact) mass is 342 g/mol. The molecular formula is C13H14N2O5S2. The van der Waals surface area contributed by atoms with Crippen LogP contribution in [-0.2, 0) is 14.8 Å². The van der Waals surface area contributed by atoms with Crippen LogP contribution < -0.4 is 9.46 Å². The van der Waals surface area contributed by atoms with Crippen molar-refractivity contribution in [1.29, 1.82) is 0 Å². The second-order valence-corrected chi connectivity index (χ2v) is 6.74. The van der Waals surface area contributed by atoms with Crippen molar-refractivity contribution in [2.24, 2.45) is 0 Å². The van der Waals surface area contributed by atoms with Gasteiger partial charge in [-0.1, -0.05) is 11.3 Å². The summed E-state index contributed by atoms with van der Waals surface area (Å²) in [6.07, 6.45) is 1.27. The number of esters is 1. The molecule has 0 amide bonds. The van der Waals surface area contributed by atoms with Crippen molar-refractivity contribution in [2.45, 2.75) is 11.8 Å². The molecule has 1 aromatic heterocycles. The van der Waals surface area contributed by atoms with Gasteiger partial charge >= 0.3 is 5.97 Å². The van der Waals surface area contributed by atoms with Crippen molar-refractivity contribution < 1.29 is 22.7 Å². The molecule has 1 N–H and O–H groups in total. The lowest BCUT2D eigenvalue weighted by atomic mass is 10.3. The molecule has 0 unspecified atom stereocenters. The van der Waals surface area contributed by atoms with Gasteiger partial charge in [-0.05, 0) is 31.2 Å². The Morgan fingerprint density at radius 2 is 2.00 bits per heavy atom. The van der Waals surface area contributed by atoms with Crippen LogP contribution in [0.3, 0.4) is 0 Å². The molecule has 1 heterocycles. The number of nitrogens with one attached hydrogen (secondary N) is 1. The molecule has 0 atom stereocenters. The second kappa shape index (κ2) is 6.75. The summed E-state index contributed by atoms with van der Waals surface area (Å²) in [5.74, 6) is 0.0210. The lowest BCUT2D eigenvalue weighted by molar-refractivity contribution is 0.0532. The summed E-state index contributed by atoms with van der Waals surface area (Å²) < 4.78 is 36.5. The molecule has 0 saturated carbocycles. The predicted molar refractivity (Wildman–Crippen MR) is 81.9 cm³/mol. The molecule has 0 aliphatic rings. The molecule has 0 aliphatic heterocycles. The van der Waals surface area contributed by atoms with E-state index in [0.717, 1.165) is 11.3 Å². The number of carbonyl (C=O) groups excluding carboxylic acids is 1. The number of benzene rings is 1. The molecule has 2 aromatic rings. The molecule has 7 nitrogen and oxygen atoms in total. The molecule has 118 valence electrons. The lowest BCUT2D eigenvalue weighted by Crippen LogP contribution is -2.12. The Kier molecular flexibility index (Phi) is 4.99. The highest BCUT2D eigenvalue weighted by Crippen LogP contribution is 2.23. The van der Waals surface area contributed by atoms with E-state index in [-0.39, 0.29) is 21.5 Å². The van der Waals surface area contributed by atoms with Gasteiger partial charge in [-0.25, -0.2) is 18.2 Å². The zero-order valence-electron chi connectivity index (χ0n) is 11.9. The van der Waals surface area contributed by atoms with Crippen molar-refractivity contribution in [3.63, 3.8) is 0 Å². The van der Waals surface area contributed by atoms with Gasteiger partial charge in [-0.15, -0.1) is 0 Å². The number of thiazole rings is 1. The standard InChI is InChI=1S/C13H14N2O5S2/c1-3-20-12(16)11-8-14-13(21-11)15-22(17,18)10-6-4-9(19-2)5-7-10/h4-8H,3H2,1-2H3,(H,14,15). The average molecular weight is 342 g/mol. The SMILES string of the molecule is CCOC(=O)c1cnc(NS(=O)(=O)c2ccc(OC)cc2)s1. The topological polar surface area (TPSA) is 94.6 Å². The summed E-state index contributed by atoms with van der Waals surface area (Å²) in [6.45, 7) is 1.93. The largest absolute Gasteiger partial charge is 0.497 e. The molecule has 9 heteroatoms. The number of anilines is 1. The summed E-state index contributed by atoms with van der Waals surface area (Å²) in [5.41, 5.74) is 0. The molecule has 0 aliphatic carbocycles. The Morgan fingerprint density at radius 1 is 1.32 bits per heavy atom. The van der Waals surface area contributed by atoms with Gasteiger partial charge in [-0.2, -0.15) is 0 Å². The van der Waals surface area contributed by atoms with E-state index in [0.29, 0.717) is 5.75 Å². The zero-order chi connectivity index (χ0) is 16.2. The molecule has 0 saturated heterocycles. The minimum Gasteiger partial charge on any atom is -0.497 e. The Bertz CT molecular complexity index is 753. The van der Waals surface area contributed by atoms with E-state index in [9.17, 15) is 13.2 Å². The highest BCUT2D eigenvalue weighted by atomic mass is 32.2. The molecule has 0 radical (unpaired) electrons. The first-order valence-electron chi connectivity index (χ1n) is 6.26. The number of carbonyl (C=O) groups is 1. The zero-order valence-corrected chi connectivity index (χ0v) is 13.5. The van der Waals surface area contributed by atoms with E-state index in [1.807, 2.05) is 0 Å². The minimum atomic E-state index is -3.77. The van der Waals surface area contributed by atoms with E-state index in [2.05, 4.69) is 9.71 Å². The molecule has 0 fully saturated rings. The predicted octanol–water partition coefficient (Wildman–Crippen LogP) is 2.13. The van der Waals surface area contributed by atoms with Gasteiger partial charge < -0.3 is 9.47 Å². The van der Waals surface area contributed by atoms with Crippen LogP contribution in [0.5, 0.6) is 5.75 Å². The number of hydrogen-bond acceptors (Lipinski definition) is 7. The van der Waals surface area contributed by atoms with Crippen LogP contribution in [0.25, 0.3) is 0 Å². The summed E-state index contributed by atoms with van der Waals surface area (Å²) in [4.78, 5) is 15.7. The fraction of sp³-hybridized carbons (Fsp3) is 0.231. The van der Waals surface area contributed by atoms with E-state index < -0.39 is 16.0 Å². The van der Waals surface area contributed by atoms with Crippen LogP contribution in [-0.4, -0.2) is 33.1 Å². The van der Waals surface area contributed by atoms with Gasteiger partial charge in [0.1, 0.15) is 10.6 Å². The van der Waals surface area contributed by atoms with Crippen LogP contribution >= 0.6 is 11.3 Å². The molecule has 22 heavy (non-hydrogen) atoms. The van der Waals surface area contributed by atoms with Gasteiger partial charge in [0.25, 0.3) is 10.0 Å². The van der Waals surface area contributed by atoms with E-state index in [1.54, 1.807) is 19.1 Å². The van der Waals surface area contributed by atoms with Gasteiger partial charge in [0.2, 0.25) is 0 Å². The average Bonchev–Trinajstić information content (AvgIpc) is 2.95. The number of rotatable bonds is 6. The highest BCUT2D eigenvalue weighted by Gasteiger charge is 2.18. The van der Waals surface area contributed by atoms with Crippen LogP contribution in [0.1, 0.15) is 16.6 Å². The van der Waals surface area contributed by atoms with Crippen molar-refractivity contribution in [3.05, 3.63) is 35.3 Å². The van der Waals surface area contributed by atoms with Gasteiger partial charge in [-0.3, -0.25) is 4.72 Å². The van der Waals surface area contributed by atoms with Crippen molar-refractivity contribution in [3.8, 4) is 5.75 Å². The maximum atomic E-state index is 12.2. The quantitative estimate of drug-likeness (QED) is 0.808. The Hall–Kier alpha value is -2.13. The van der Waals surface area contributed by atoms with Crippen LogP contribution in [0.4, 0.5) is 5.13 Å². The van der Waals surface area contributed by atoms with Crippen LogP contribution in [0.2, 0.25) is 0 Å². The van der Waals surface area contributed by atoms with Crippen LogP contribution in [0, 0.1) is 0 Å². The van der Waals surface area contributed by atoms with E-state index in [4.69, 9.17) is 9.47 Å². The molecule has 0 bridgehead atoms. The first kappa shape index (κ1) is 16.2. The first-order chi connectivity index (χ1) is 10.5. The van der Waals surface area contributed by atoms with Gasteiger partial charge in [0.05, 0.1) is 24.8 Å². The number of hydrogen-bond donors (Lipinski definition) is 1. The fourth-order valence-electron chi connectivity index (χ4n) is 1.55. The molecule has 1 aromatic carbocycles. The van der Waals surface area contributed by atoms with Gasteiger partial charge in [0, 0.05) is 0 Å². The van der Waals surface area contributed by atoms with E-state index >= 15 is 0 Å². The third kappa shape index (κ3) is 3.74. The maximum absolute atomic E-state index is 12.2. The molecular weight excluding hydrogens is 328 g/mol. The Balaban J connectivity index is 2.16. The number of methoxy groups -OCH3 is 1. The normalized spacial score (nSPS) is 11.0. The maximum Gasteiger partial charge on any atom is 0.350 e.